The van der Waals surface area contributed by atoms with Crippen molar-refractivity contribution in [3.63, 3.8) is 0 Å². The molecule has 33 heavy (non-hydrogen) atoms. The van der Waals surface area contributed by atoms with Gasteiger partial charge in [-0.3, -0.25) is 9.59 Å². The number of anilines is 1. The van der Waals surface area contributed by atoms with Crippen LogP contribution in [-0.2, 0) is 17.7 Å². The number of pyridine rings is 1. The fraction of sp³-hybridized carbons (Fsp3) is 0.556. The van der Waals surface area contributed by atoms with E-state index in [0.717, 1.165) is 30.9 Å². The number of amides is 1. The molecule has 4 rings (SSSR count). The van der Waals surface area contributed by atoms with E-state index in [-0.39, 0.29) is 11.3 Å². The van der Waals surface area contributed by atoms with Crippen LogP contribution in [0.2, 0.25) is 0 Å². The van der Waals surface area contributed by atoms with Crippen LogP contribution in [0.5, 0.6) is 0 Å². The molecule has 178 valence electrons. The first kappa shape index (κ1) is 23.6. The van der Waals surface area contributed by atoms with Gasteiger partial charge in [0.15, 0.2) is 5.43 Å². The van der Waals surface area contributed by atoms with E-state index >= 15 is 0 Å². The van der Waals surface area contributed by atoms with Crippen molar-refractivity contribution in [3.8, 4) is 0 Å². The number of aromatic nitrogens is 1. The van der Waals surface area contributed by atoms with E-state index in [4.69, 9.17) is 4.74 Å². The van der Waals surface area contributed by atoms with E-state index in [1.165, 1.54) is 36.9 Å². The quantitative estimate of drug-likeness (QED) is 0.643. The molecule has 1 amide bonds. The highest BCUT2D eigenvalue weighted by molar-refractivity contribution is 5.95. The molecule has 1 aromatic carbocycles. The molecule has 0 bridgehead atoms. The first-order valence-corrected chi connectivity index (χ1v) is 12.3. The predicted molar refractivity (Wildman–Crippen MR) is 132 cm³/mol. The van der Waals surface area contributed by atoms with E-state index in [9.17, 15) is 9.59 Å². The molecule has 0 spiro atoms. The minimum atomic E-state index is -0.139. The fourth-order valence-corrected chi connectivity index (χ4v) is 5.33. The zero-order valence-electron chi connectivity index (χ0n) is 20.3. The third-order valence-corrected chi connectivity index (χ3v) is 7.28. The number of carbonyl (C=O) groups is 1. The Bertz CT molecular complexity index is 1010. The average molecular weight is 452 g/mol. The molecule has 1 aromatic heterocycles. The van der Waals surface area contributed by atoms with Gasteiger partial charge in [-0.2, -0.15) is 0 Å². The van der Waals surface area contributed by atoms with Gasteiger partial charge in [-0.25, -0.2) is 0 Å². The number of rotatable bonds is 7. The Hall–Kier alpha value is -2.60. The molecule has 0 atom stereocenters. The Morgan fingerprint density at radius 3 is 2.33 bits per heavy atom. The number of benzene rings is 1. The van der Waals surface area contributed by atoms with E-state index in [1.54, 1.807) is 13.2 Å². The summed E-state index contributed by atoms with van der Waals surface area (Å²) < 4.78 is 7.49. The van der Waals surface area contributed by atoms with Crippen molar-refractivity contribution < 1.29 is 9.53 Å². The van der Waals surface area contributed by atoms with Crippen molar-refractivity contribution in [3.05, 3.63) is 63.1 Å². The lowest BCUT2D eigenvalue weighted by molar-refractivity contribution is 0.0742. The summed E-state index contributed by atoms with van der Waals surface area (Å²) in [5.41, 5.74) is 4.49. The Morgan fingerprint density at radius 2 is 1.70 bits per heavy atom. The van der Waals surface area contributed by atoms with Crippen LogP contribution < -0.4 is 10.3 Å². The smallest absolute Gasteiger partial charge is 0.259 e. The van der Waals surface area contributed by atoms with Gasteiger partial charge in [-0.1, -0.05) is 43.4 Å². The lowest BCUT2D eigenvalue weighted by Gasteiger charge is -2.36. The molecule has 1 saturated carbocycles. The topological polar surface area (TPSA) is 54.8 Å². The number of methoxy groups -OCH3 is 1. The Labute approximate surface area is 197 Å². The third-order valence-electron chi connectivity index (χ3n) is 7.28. The second-order valence-electron chi connectivity index (χ2n) is 9.59. The first-order chi connectivity index (χ1) is 16.0. The van der Waals surface area contributed by atoms with Crippen molar-refractivity contribution in [2.75, 3.05) is 44.8 Å². The Kier molecular flexibility index (Phi) is 7.53. The minimum Gasteiger partial charge on any atom is -0.383 e. The maximum atomic E-state index is 13.7. The van der Waals surface area contributed by atoms with Gasteiger partial charge in [0.2, 0.25) is 0 Å². The molecule has 6 nitrogen and oxygen atoms in total. The Balaban J connectivity index is 1.58. The summed E-state index contributed by atoms with van der Waals surface area (Å²) in [4.78, 5) is 31.0. The van der Waals surface area contributed by atoms with Gasteiger partial charge in [0, 0.05) is 63.0 Å². The minimum absolute atomic E-state index is 0.109. The van der Waals surface area contributed by atoms with Gasteiger partial charge in [0.05, 0.1) is 6.61 Å². The molecule has 1 saturated heterocycles. The van der Waals surface area contributed by atoms with Gasteiger partial charge < -0.3 is 19.1 Å². The standard InChI is InChI=1S/C27H37N3O3/c1-20-8-10-23(11-9-20)28-12-14-29(15-13-28)27(32)26-24(19-22-6-4-5-7-22)30(16-17-33-3)21(2)18-25(26)31/h8-11,18,22H,4-7,12-17,19H2,1-3H3. The van der Waals surface area contributed by atoms with Crippen molar-refractivity contribution >= 4 is 11.6 Å². The average Bonchev–Trinajstić information content (AvgIpc) is 3.32. The van der Waals surface area contributed by atoms with Crippen LogP contribution in [-0.4, -0.2) is 55.3 Å². The number of hydrogen-bond donors (Lipinski definition) is 0. The van der Waals surface area contributed by atoms with E-state index in [2.05, 4.69) is 40.7 Å². The zero-order valence-corrected chi connectivity index (χ0v) is 20.3. The molecule has 1 aliphatic carbocycles. The number of aryl methyl sites for hydroxylation is 2. The number of hydrogen-bond acceptors (Lipinski definition) is 4. The first-order valence-electron chi connectivity index (χ1n) is 12.3. The SMILES string of the molecule is COCCn1c(C)cc(=O)c(C(=O)N2CCN(c3ccc(C)cc3)CC2)c1CC1CCCC1. The predicted octanol–water partition coefficient (Wildman–Crippen LogP) is 3.81. The number of nitrogens with zero attached hydrogens (tertiary/aromatic N) is 3. The van der Waals surface area contributed by atoms with E-state index in [1.807, 2.05) is 11.8 Å². The largest absolute Gasteiger partial charge is 0.383 e. The molecule has 6 heteroatoms. The molecule has 2 aliphatic rings. The van der Waals surface area contributed by atoms with Crippen molar-refractivity contribution in [1.29, 1.82) is 0 Å². The summed E-state index contributed by atoms with van der Waals surface area (Å²) in [6.45, 7) is 8.07. The highest BCUT2D eigenvalue weighted by Crippen LogP contribution is 2.29. The second kappa shape index (κ2) is 10.6. The summed E-state index contributed by atoms with van der Waals surface area (Å²) in [6, 6.07) is 10.2. The molecule has 0 unspecified atom stereocenters. The molecular weight excluding hydrogens is 414 g/mol. The van der Waals surface area contributed by atoms with Crippen LogP contribution in [0.3, 0.4) is 0 Å². The van der Waals surface area contributed by atoms with Gasteiger partial charge in [0.25, 0.3) is 5.91 Å². The molecule has 0 N–H and O–H groups in total. The fourth-order valence-electron chi connectivity index (χ4n) is 5.33. The molecular formula is C27H37N3O3. The lowest BCUT2D eigenvalue weighted by atomic mass is 9.96. The van der Waals surface area contributed by atoms with E-state index < -0.39 is 0 Å². The maximum absolute atomic E-state index is 13.7. The highest BCUT2D eigenvalue weighted by atomic mass is 16.5. The highest BCUT2D eigenvalue weighted by Gasteiger charge is 2.29. The summed E-state index contributed by atoms with van der Waals surface area (Å²) >= 11 is 0. The Morgan fingerprint density at radius 1 is 1.03 bits per heavy atom. The summed E-state index contributed by atoms with van der Waals surface area (Å²) in [5.74, 6) is 0.438. The molecule has 2 aromatic rings. The van der Waals surface area contributed by atoms with Gasteiger partial charge >= 0.3 is 0 Å². The van der Waals surface area contributed by atoms with Gasteiger partial charge in [-0.05, 0) is 38.3 Å². The van der Waals surface area contributed by atoms with Crippen molar-refractivity contribution in [2.45, 2.75) is 52.5 Å². The van der Waals surface area contributed by atoms with Crippen LogP contribution >= 0.6 is 0 Å². The normalized spacial score (nSPS) is 17.1. The van der Waals surface area contributed by atoms with Crippen molar-refractivity contribution in [1.82, 2.24) is 9.47 Å². The second-order valence-corrected chi connectivity index (χ2v) is 9.59. The summed E-state index contributed by atoms with van der Waals surface area (Å²) in [5, 5.41) is 0. The van der Waals surface area contributed by atoms with Crippen molar-refractivity contribution in [2.24, 2.45) is 5.92 Å². The van der Waals surface area contributed by atoms with E-state index in [0.29, 0.717) is 37.7 Å². The monoisotopic (exact) mass is 451 g/mol. The van der Waals surface area contributed by atoms with Gasteiger partial charge in [0.1, 0.15) is 5.56 Å². The van der Waals surface area contributed by atoms with Crippen LogP contribution in [0.25, 0.3) is 0 Å². The lowest BCUT2D eigenvalue weighted by Crippen LogP contribution is -2.50. The molecule has 1 aliphatic heterocycles. The summed E-state index contributed by atoms with van der Waals surface area (Å²) in [6.07, 6.45) is 5.63. The van der Waals surface area contributed by atoms with Crippen LogP contribution in [0.15, 0.2) is 35.1 Å². The van der Waals surface area contributed by atoms with Crippen LogP contribution in [0, 0.1) is 19.8 Å². The third kappa shape index (κ3) is 5.32. The van der Waals surface area contributed by atoms with Crippen LogP contribution in [0.4, 0.5) is 5.69 Å². The maximum Gasteiger partial charge on any atom is 0.259 e. The zero-order chi connectivity index (χ0) is 23.4. The number of piperazine rings is 1. The summed E-state index contributed by atoms with van der Waals surface area (Å²) in [7, 11) is 1.69. The molecule has 2 fully saturated rings. The number of carbonyl (C=O) groups excluding carboxylic acids is 1. The molecule has 2 heterocycles. The van der Waals surface area contributed by atoms with Crippen LogP contribution in [0.1, 0.15) is 53.0 Å². The number of ether oxygens (including phenoxy) is 1. The van der Waals surface area contributed by atoms with Gasteiger partial charge in [-0.15, -0.1) is 0 Å². The molecule has 0 radical (unpaired) electrons.